The molecule has 2 aromatic rings. The quantitative estimate of drug-likeness (QED) is 0.550. The van der Waals surface area contributed by atoms with Crippen molar-refractivity contribution in [3.05, 3.63) is 71.8 Å². The largest absolute Gasteiger partial charge is 0.508 e. The van der Waals surface area contributed by atoms with E-state index in [-0.39, 0.29) is 37.3 Å². The molecule has 0 fully saturated rings. The van der Waals surface area contributed by atoms with Crippen molar-refractivity contribution in [3.63, 3.8) is 0 Å². The van der Waals surface area contributed by atoms with Gasteiger partial charge in [0.05, 0.1) is 12.2 Å². The van der Waals surface area contributed by atoms with Gasteiger partial charge in [-0.15, -0.1) is 0 Å². The summed E-state index contributed by atoms with van der Waals surface area (Å²) in [5.41, 5.74) is 2.11. The first-order valence-corrected chi connectivity index (χ1v) is 9.51. The summed E-state index contributed by atoms with van der Waals surface area (Å²) >= 11 is 0. The lowest BCUT2D eigenvalue weighted by atomic mass is 9.95. The molecule has 0 amide bonds. The van der Waals surface area contributed by atoms with Crippen LogP contribution in [0.5, 0.6) is 0 Å². The Hall–Kier alpha value is -2.37. The van der Waals surface area contributed by atoms with Crippen LogP contribution in [-0.4, -0.2) is 45.8 Å². The van der Waals surface area contributed by atoms with Crippen molar-refractivity contribution in [1.82, 2.24) is 0 Å². The highest BCUT2D eigenvalue weighted by Gasteiger charge is 2.24. The fraction of sp³-hybridized carbons (Fsp3) is 0.435. The zero-order valence-corrected chi connectivity index (χ0v) is 17.0. The van der Waals surface area contributed by atoms with Crippen molar-refractivity contribution in [2.75, 3.05) is 27.4 Å². The van der Waals surface area contributed by atoms with Crippen LogP contribution in [0, 0.1) is 0 Å². The van der Waals surface area contributed by atoms with Gasteiger partial charge in [0.1, 0.15) is 13.2 Å². The number of rotatable bonds is 10. The number of carbonyl (C=O) groups is 1. The van der Waals surface area contributed by atoms with Crippen molar-refractivity contribution in [2.45, 2.75) is 37.9 Å². The highest BCUT2D eigenvalue weighted by atomic mass is 16.7. The van der Waals surface area contributed by atoms with Crippen LogP contribution in [0.2, 0.25) is 0 Å². The van der Waals surface area contributed by atoms with Crippen molar-refractivity contribution in [2.24, 2.45) is 0 Å². The molecule has 0 saturated heterocycles. The zero-order chi connectivity index (χ0) is 20.4. The molecule has 0 heterocycles. The number of benzene rings is 2. The Labute approximate surface area is 167 Å². The Balaban J connectivity index is 1.94. The minimum Gasteiger partial charge on any atom is -0.434 e. The van der Waals surface area contributed by atoms with E-state index in [2.05, 4.69) is 0 Å². The Morgan fingerprint density at radius 1 is 0.714 bits per heavy atom. The highest BCUT2D eigenvalue weighted by molar-refractivity contribution is 5.60. The van der Waals surface area contributed by atoms with Crippen LogP contribution in [0.15, 0.2) is 60.7 Å². The van der Waals surface area contributed by atoms with E-state index in [4.69, 9.17) is 18.9 Å². The van der Waals surface area contributed by atoms with E-state index in [1.807, 2.05) is 74.5 Å². The van der Waals surface area contributed by atoms with Gasteiger partial charge in [-0.3, -0.25) is 0 Å². The molecular weight excluding hydrogens is 356 g/mol. The van der Waals surface area contributed by atoms with E-state index in [1.165, 1.54) is 0 Å². The van der Waals surface area contributed by atoms with Crippen LogP contribution in [0.25, 0.3) is 0 Å². The topological polar surface area (TPSA) is 54.0 Å². The average molecular weight is 386 g/mol. The third-order valence-electron chi connectivity index (χ3n) is 5.09. The maximum absolute atomic E-state index is 12.2. The molecule has 4 unspecified atom stereocenters. The SMILES string of the molecule is COC(C)C(COC(=O)OCC(c1ccccc1)C(C)OC)c1ccccc1. The minimum absolute atomic E-state index is 0.0680. The van der Waals surface area contributed by atoms with Gasteiger partial charge < -0.3 is 18.9 Å². The number of methoxy groups -OCH3 is 2. The summed E-state index contributed by atoms with van der Waals surface area (Å²) < 4.78 is 21.7. The molecule has 5 heteroatoms. The van der Waals surface area contributed by atoms with Crippen molar-refractivity contribution in [3.8, 4) is 0 Å². The molecular formula is C23H30O5. The average Bonchev–Trinajstić information content (AvgIpc) is 2.75. The summed E-state index contributed by atoms with van der Waals surface area (Å²) in [6, 6.07) is 19.7. The Morgan fingerprint density at radius 3 is 1.39 bits per heavy atom. The van der Waals surface area contributed by atoms with Crippen LogP contribution in [0.1, 0.15) is 36.8 Å². The fourth-order valence-electron chi connectivity index (χ4n) is 3.09. The smallest absolute Gasteiger partial charge is 0.434 e. The molecule has 4 atom stereocenters. The number of hydrogen-bond donors (Lipinski definition) is 0. The Kier molecular flexibility index (Phi) is 8.98. The molecule has 0 saturated carbocycles. The maximum atomic E-state index is 12.2. The molecule has 0 spiro atoms. The maximum Gasteiger partial charge on any atom is 0.508 e. The number of ether oxygens (including phenoxy) is 4. The second-order valence-corrected chi connectivity index (χ2v) is 6.79. The van der Waals surface area contributed by atoms with Gasteiger partial charge in [-0.05, 0) is 25.0 Å². The standard InChI is InChI=1S/C23H30O5/c1-17(25-3)21(19-11-7-5-8-12-19)15-27-23(24)28-16-22(18(2)26-4)20-13-9-6-10-14-20/h5-14,17-18,21-22H,15-16H2,1-4H3. The highest BCUT2D eigenvalue weighted by Crippen LogP contribution is 2.24. The molecule has 2 rings (SSSR count). The van der Waals surface area contributed by atoms with E-state index in [0.29, 0.717) is 0 Å². The first kappa shape index (κ1) is 21.9. The predicted octanol–water partition coefficient (Wildman–Crippen LogP) is 4.78. The monoisotopic (exact) mass is 386 g/mol. The van der Waals surface area contributed by atoms with Gasteiger partial charge in [0.25, 0.3) is 0 Å². The van der Waals surface area contributed by atoms with E-state index < -0.39 is 6.16 Å². The Bertz CT molecular complexity index is 629. The molecule has 0 aliphatic heterocycles. The lowest BCUT2D eigenvalue weighted by Crippen LogP contribution is -2.26. The van der Waals surface area contributed by atoms with Crippen LogP contribution in [0.4, 0.5) is 4.79 Å². The summed E-state index contributed by atoms with van der Waals surface area (Å²) in [4.78, 5) is 12.2. The van der Waals surface area contributed by atoms with Gasteiger partial charge in [-0.2, -0.15) is 0 Å². The molecule has 0 N–H and O–H groups in total. The Morgan fingerprint density at radius 2 is 1.07 bits per heavy atom. The van der Waals surface area contributed by atoms with Gasteiger partial charge in [0, 0.05) is 26.1 Å². The summed E-state index contributed by atoms with van der Waals surface area (Å²) in [6.07, 6.45) is -0.880. The van der Waals surface area contributed by atoms with E-state index in [9.17, 15) is 4.79 Å². The number of hydrogen-bond acceptors (Lipinski definition) is 5. The summed E-state index contributed by atoms with van der Waals surface area (Å²) in [5, 5.41) is 0. The van der Waals surface area contributed by atoms with Crippen LogP contribution < -0.4 is 0 Å². The van der Waals surface area contributed by atoms with Gasteiger partial charge in [-0.25, -0.2) is 4.79 Å². The lowest BCUT2D eigenvalue weighted by Gasteiger charge is -2.24. The summed E-state index contributed by atoms with van der Waals surface area (Å²) in [6.45, 7) is 4.29. The summed E-state index contributed by atoms with van der Waals surface area (Å²) in [7, 11) is 3.30. The van der Waals surface area contributed by atoms with Crippen molar-refractivity contribution < 1.29 is 23.7 Å². The third kappa shape index (κ3) is 6.36. The van der Waals surface area contributed by atoms with Crippen LogP contribution in [0.3, 0.4) is 0 Å². The second-order valence-electron chi connectivity index (χ2n) is 6.79. The summed E-state index contributed by atoms with van der Waals surface area (Å²) in [5.74, 6) is -0.136. The van der Waals surface area contributed by atoms with Gasteiger partial charge in [0.15, 0.2) is 0 Å². The van der Waals surface area contributed by atoms with Crippen molar-refractivity contribution >= 4 is 6.16 Å². The van der Waals surface area contributed by atoms with Crippen molar-refractivity contribution in [1.29, 1.82) is 0 Å². The predicted molar refractivity (Wildman–Crippen MR) is 109 cm³/mol. The zero-order valence-electron chi connectivity index (χ0n) is 17.0. The molecule has 28 heavy (non-hydrogen) atoms. The normalized spacial score (nSPS) is 15.3. The van der Waals surface area contributed by atoms with E-state index in [1.54, 1.807) is 14.2 Å². The van der Waals surface area contributed by atoms with Gasteiger partial charge >= 0.3 is 6.16 Å². The lowest BCUT2D eigenvalue weighted by molar-refractivity contribution is 0.0108. The van der Waals surface area contributed by atoms with Crippen LogP contribution >= 0.6 is 0 Å². The van der Waals surface area contributed by atoms with Crippen LogP contribution in [-0.2, 0) is 18.9 Å². The fourth-order valence-corrected chi connectivity index (χ4v) is 3.09. The third-order valence-corrected chi connectivity index (χ3v) is 5.09. The van der Waals surface area contributed by atoms with E-state index >= 15 is 0 Å². The molecule has 152 valence electrons. The molecule has 0 aliphatic rings. The van der Waals surface area contributed by atoms with Gasteiger partial charge in [0.2, 0.25) is 0 Å². The van der Waals surface area contributed by atoms with Gasteiger partial charge in [-0.1, -0.05) is 60.7 Å². The molecule has 0 aromatic heterocycles. The van der Waals surface area contributed by atoms with E-state index in [0.717, 1.165) is 11.1 Å². The first-order chi connectivity index (χ1) is 13.6. The number of carbonyl (C=O) groups excluding carboxylic acids is 1. The molecule has 0 aliphatic carbocycles. The first-order valence-electron chi connectivity index (χ1n) is 9.51. The second kappa shape index (κ2) is 11.5. The molecule has 0 bridgehead atoms. The molecule has 2 aromatic carbocycles. The molecule has 5 nitrogen and oxygen atoms in total. The molecule has 0 radical (unpaired) electrons. The minimum atomic E-state index is -0.687.